The highest BCUT2D eigenvalue weighted by molar-refractivity contribution is 14.1. The number of fused-ring (bicyclic) bond motifs is 1. The average molecular weight is 375 g/mol. The molecule has 0 radical (unpaired) electrons. The van der Waals surface area contributed by atoms with Gasteiger partial charge >= 0.3 is 0 Å². The molecule has 0 atom stereocenters. The molecular weight excluding hydrogens is 360 g/mol. The maximum atomic E-state index is 12.9. The number of aromatic nitrogens is 2. The fourth-order valence-electron chi connectivity index (χ4n) is 1.71. The molecule has 2 aromatic rings. The fourth-order valence-corrected chi connectivity index (χ4v) is 2.33. The van der Waals surface area contributed by atoms with Gasteiger partial charge in [0.05, 0.1) is 16.4 Å². The van der Waals surface area contributed by atoms with E-state index in [0.29, 0.717) is 16.9 Å². The molecule has 0 unspecified atom stereocenters. The summed E-state index contributed by atoms with van der Waals surface area (Å²) in [6, 6.07) is 5.46. The lowest BCUT2D eigenvalue weighted by Crippen LogP contribution is -2.36. The van der Waals surface area contributed by atoms with Crippen molar-refractivity contribution in [3.8, 4) is 0 Å². The number of halogens is 2. The Kier molecular flexibility index (Phi) is 3.80. The highest BCUT2D eigenvalue weighted by atomic mass is 127. The summed E-state index contributed by atoms with van der Waals surface area (Å²) in [5.41, 5.74) is -0.255. The SMILES string of the molecule is Cn1c(NC(C)(C)CF)nc2c(I)cccc2c1=O. The summed E-state index contributed by atoms with van der Waals surface area (Å²) in [6.07, 6.45) is 0. The number of nitrogens with zero attached hydrogens (tertiary/aromatic N) is 2. The third-order valence-electron chi connectivity index (χ3n) is 2.84. The van der Waals surface area contributed by atoms with Gasteiger partial charge in [-0.1, -0.05) is 6.07 Å². The van der Waals surface area contributed by atoms with Crippen molar-refractivity contribution < 1.29 is 4.39 Å². The van der Waals surface area contributed by atoms with E-state index in [4.69, 9.17) is 0 Å². The van der Waals surface area contributed by atoms with Crippen molar-refractivity contribution in [3.05, 3.63) is 32.1 Å². The Balaban J connectivity index is 2.67. The maximum Gasteiger partial charge on any atom is 0.262 e. The lowest BCUT2D eigenvalue weighted by atomic mass is 10.1. The largest absolute Gasteiger partial charge is 0.348 e. The van der Waals surface area contributed by atoms with Crippen LogP contribution >= 0.6 is 22.6 Å². The second-order valence-corrected chi connectivity index (χ2v) is 6.24. The molecule has 0 spiro atoms. The van der Waals surface area contributed by atoms with Crippen LogP contribution in [-0.2, 0) is 7.05 Å². The first-order valence-corrected chi connectivity index (χ1v) is 6.93. The number of alkyl halides is 1. The molecule has 0 aliphatic carbocycles. The average Bonchev–Trinajstić information content (AvgIpc) is 2.37. The normalized spacial score (nSPS) is 11.8. The standard InChI is InChI=1S/C13H15FIN3O/c1-13(2,7-14)17-12-16-10-8(11(19)18(12)3)5-4-6-9(10)15/h4-6H,7H2,1-3H3,(H,16,17). The van der Waals surface area contributed by atoms with E-state index in [1.54, 1.807) is 27.0 Å². The number of benzene rings is 1. The van der Waals surface area contributed by atoms with Crippen LogP contribution in [0.2, 0.25) is 0 Å². The van der Waals surface area contributed by atoms with Gasteiger partial charge in [-0.25, -0.2) is 9.37 Å². The van der Waals surface area contributed by atoms with Crippen LogP contribution in [0.3, 0.4) is 0 Å². The van der Waals surface area contributed by atoms with Crippen molar-refractivity contribution >= 4 is 39.4 Å². The molecule has 2 rings (SSSR count). The van der Waals surface area contributed by atoms with Crippen LogP contribution in [0.4, 0.5) is 10.3 Å². The number of anilines is 1. The van der Waals surface area contributed by atoms with E-state index < -0.39 is 12.2 Å². The van der Waals surface area contributed by atoms with Crippen LogP contribution in [0, 0.1) is 3.57 Å². The van der Waals surface area contributed by atoms with Gasteiger partial charge in [0.25, 0.3) is 5.56 Å². The Labute approximate surface area is 124 Å². The molecule has 0 saturated heterocycles. The Morgan fingerprint density at radius 1 is 1.47 bits per heavy atom. The van der Waals surface area contributed by atoms with Crippen molar-refractivity contribution in [3.63, 3.8) is 0 Å². The topological polar surface area (TPSA) is 46.9 Å². The second-order valence-electron chi connectivity index (χ2n) is 5.08. The second kappa shape index (κ2) is 5.07. The molecule has 1 aromatic heterocycles. The van der Waals surface area contributed by atoms with Gasteiger partial charge in [0.15, 0.2) is 0 Å². The highest BCUT2D eigenvalue weighted by Crippen LogP contribution is 2.19. The number of hydrogen-bond acceptors (Lipinski definition) is 3. The Morgan fingerprint density at radius 3 is 2.79 bits per heavy atom. The zero-order valence-electron chi connectivity index (χ0n) is 11.0. The van der Waals surface area contributed by atoms with Crippen molar-refractivity contribution in [1.82, 2.24) is 9.55 Å². The predicted octanol–water partition coefficient (Wildman–Crippen LogP) is 2.70. The highest BCUT2D eigenvalue weighted by Gasteiger charge is 2.20. The minimum atomic E-state index is -0.759. The Bertz CT molecular complexity index is 681. The molecule has 1 aromatic carbocycles. The molecule has 102 valence electrons. The minimum Gasteiger partial charge on any atom is -0.348 e. The minimum absolute atomic E-state index is 0.138. The Morgan fingerprint density at radius 2 is 2.16 bits per heavy atom. The number of para-hydroxylation sites is 1. The van der Waals surface area contributed by atoms with E-state index in [9.17, 15) is 9.18 Å². The first-order valence-electron chi connectivity index (χ1n) is 5.85. The van der Waals surface area contributed by atoms with Crippen LogP contribution in [0.15, 0.2) is 23.0 Å². The van der Waals surface area contributed by atoms with Crippen LogP contribution in [-0.4, -0.2) is 21.8 Å². The summed E-state index contributed by atoms with van der Waals surface area (Å²) in [6.45, 7) is 2.89. The number of hydrogen-bond donors (Lipinski definition) is 1. The molecule has 1 N–H and O–H groups in total. The molecule has 0 fully saturated rings. The van der Waals surface area contributed by atoms with E-state index in [2.05, 4.69) is 32.9 Å². The molecule has 0 bridgehead atoms. The number of rotatable bonds is 3. The fraction of sp³-hybridized carbons (Fsp3) is 0.385. The van der Waals surface area contributed by atoms with Gasteiger partial charge in [-0.3, -0.25) is 9.36 Å². The van der Waals surface area contributed by atoms with Gasteiger partial charge < -0.3 is 5.32 Å². The summed E-state index contributed by atoms with van der Waals surface area (Å²) >= 11 is 2.14. The van der Waals surface area contributed by atoms with Gasteiger partial charge in [-0.2, -0.15) is 0 Å². The van der Waals surface area contributed by atoms with E-state index in [1.807, 2.05) is 12.1 Å². The van der Waals surface area contributed by atoms with Crippen molar-refractivity contribution in [2.75, 3.05) is 12.0 Å². The van der Waals surface area contributed by atoms with Crippen LogP contribution in [0.1, 0.15) is 13.8 Å². The smallest absolute Gasteiger partial charge is 0.262 e. The van der Waals surface area contributed by atoms with Crippen molar-refractivity contribution in [2.24, 2.45) is 7.05 Å². The van der Waals surface area contributed by atoms with Gasteiger partial charge in [0.2, 0.25) is 5.95 Å². The van der Waals surface area contributed by atoms with E-state index in [-0.39, 0.29) is 5.56 Å². The summed E-state index contributed by atoms with van der Waals surface area (Å²) < 4.78 is 15.2. The summed E-state index contributed by atoms with van der Waals surface area (Å²) in [5, 5.41) is 3.54. The first kappa shape index (κ1) is 14.2. The molecule has 4 nitrogen and oxygen atoms in total. The summed E-state index contributed by atoms with van der Waals surface area (Å²) in [5.74, 6) is 0.379. The van der Waals surface area contributed by atoms with E-state index >= 15 is 0 Å². The molecule has 0 aliphatic heterocycles. The van der Waals surface area contributed by atoms with E-state index in [1.165, 1.54) is 4.57 Å². The molecule has 0 aliphatic rings. The molecule has 1 heterocycles. The third kappa shape index (κ3) is 2.72. The quantitative estimate of drug-likeness (QED) is 0.840. The van der Waals surface area contributed by atoms with Crippen molar-refractivity contribution in [1.29, 1.82) is 0 Å². The monoisotopic (exact) mass is 375 g/mol. The van der Waals surface area contributed by atoms with Gasteiger partial charge in [0, 0.05) is 10.6 Å². The molecule has 6 heteroatoms. The zero-order chi connectivity index (χ0) is 14.2. The Hall–Kier alpha value is -1.18. The van der Waals surface area contributed by atoms with Crippen LogP contribution < -0.4 is 10.9 Å². The molecule has 19 heavy (non-hydrogen) atoms. The van der Waals surface area contributed by atoms with Gasteiger partial charge in [0.1, 0.15) is 6.67 Å². The van der Waals surface area contributed by atoms with Crippen molar-refractivity contribution in [2.45, 2.75) is 19.4 Å². The maximum absolute atomic E-state index is 12.9. The van der Waals surface area contributed by atoms with Gasteiger partial charge in [-0.05, 0) is 48.6 Å². The molecule has 0 saturated carbocycles. The van der Waals surface area contributed by atoms with E-state index in [0.717, 1.165) is 3.57 Å². The summed E-state index contributed by atoms with van der Waals surface area (Å²) in [7, 11) is 1.63. The lowest BCUT2D eigenvalue weighted by Gasteiger charge is -2.24. The first-order chi connectivity index (χ1) is 8.85. The van der Waals surface area contributed by atoms with Crippen LogP contribution in [0.5, 0.6) is 0 Å². The van der Waals surface area contributed by atoms with Gasteiger partial charge in [-0.15, -0.1) is 0 Å². The third-order valence-corrected chi connectivity index (χ3v) is 3.71. The molecular formula is C13H15FIN3O. The number of nitrogens with one attached hydrogen (secondary N) is 1. The predicted molar refractivity (Wildman–Crippen MR) is 83.4 cm³/mol. The van der Waals surface area contributed by atoms with Crippen LogP contribution in [0.25, 0.3) is 10.9 Å². The lowest BCUT2D eigenvalue weighted by molar-refractivity contribution is 0.372. The zero-order valence-corrected chi connectivity index (χ0v) is 13.2. The molecule has 0 amide bonds. The summed E-state index contributed by atoms with van der Waals surface area (Å²) in [4.78, 5) is 16.7.